The number of piperazine rings is 1. The van der Waals surface area contributed by atoms with E-state index < -0.39 is 22.0 Å². The molecule has 3 heterocycles. The van der Waals surface area contributed by atoms with E-state index in [1.165, 1.54) is 16.4 Å². The van der Waals surface area contributed by atoms with Crippen LogP contribution >= 0.6 is 12.4 Å². The van der Waals surface area contributed by atoms with Gasteiger partial charge in [-0.1, -0.05) is 0 Å². The second-order valence-corrected chi connectivity index (χ2v) is 8.14. The Kier molecular flexibility index (Phi) is 6.87. The quantitative estimate of drug-likeness (QED) is 0.626. The fourth-order valence-corrected chi connectivity index (χ4v) is 4.47. The van der Waals surface area contributed by atoms with Gasteiger partial charge in [-0.2, -0.15) is 4.31 Å². The number of amides is 2. The maximum Gasteiger partial charge on any atom is 0.284 e. The Hall–Kier alpha value is -1.66. The molecular formula is C15H23ClN4O6S. The molecule has 27 heavy (non-hydrogen) atoms. The summed E-state index contributed by atoms with van der Waals surface area (Å²) in [5.41, 5.74) is 10.6. The average molecular weight is 423 g/mol. The van der Waals surface area contributed by atoms with Gasteiger partial charge in [-0.25, -0.2) is 8.42 Å². The van der Waals surface area contributed by atoms with Gasteiger partial charge in [-0.3, -0.25) is 9.59 Å². The summed E-state index contributed by atoms with van der Waals surface area (Å²) in [5, 5.41) is -0.337. The maximum absolute atomic E-state index is 12.6. The average Bonchev–Trinajstić information content (AvgIpc) is 3.31. The lowest BCUT2D eigenvalue weighted by Crippen LogP contribution is -2.52. The van der Waals surface area contributed by atoms with Crippen molar-refractivity contribution in [2.24, 2.45) is 11.5 Å². The lowest BCUT2D eigenvalue weighted by atomic mass is 10.1. The van der Waals surface area contributed by atoms with Crippen molar-refractivity contribution < 1.29 is 27.2 Å². The Balaban J connectivity index is 0.00000261. The van der Waals surface area contributed by atoms with Crippen LogP contribution in [0.2, 0.25) is 0 Å². The number of ether oxygens (including phenoxy) is 1. The summed E-state index contributed by atoms with van der Waals surface area (Å²) in [7, 11) is -3.88. The molecule has 0 unspecified atom stereocenters. The fourth-order valence-electron chi connectivity index (χ4n) is 3.13. The standard InChI is InChI=1S/C15H22N4O6S.ClH/c16-9-10-1-2-12(24-10)15(21)18-5-7-19(8-6-18)26(22,23)13-4-3-11(25-13)14(17)20;/h3-4,10,12H,1-2,5-9,16H2,(H2,17,20);1H/t10-,12+;/m1./s1. The van der Waals surface area contributed by atoms with Gasteiger partial charge < -0.3 is 25.5 Å². The number of furan rings is 1. The Labute approximate surface area is 163 Å². The van der Waals surface area contributed by atoms with Crippen molar-refractivity contribution in [3.8, 4) is 0 Å². The highest BCUT2D eigenvalue weighted by molar-refractivity contribution is 7.89. The summed E-state index contributed by atoms with van der Waals surface area (Å²) in [6.45, 7) is 1.16. The van der Waals surface area contributed by atoms with E-state index in [1.54, 1.807) is 4.90 Å². The van der Waals surface area contributed by atoms with E-state index in [4.69, 9.17) is 20.6 Å². The summed E-state index contributed by atoms with van der Waals surface area (Å²) >= 11 is 0. The van der Waals surface area contributed by atoms with E-state index in [1.807, 2.05) is 0 Å². The van der Waals surface area contributed by atoms with Crippen LogP contribution in [-0.2, 0) is 19.6 Å². The van der Waals surface area contributed by atoms with E-state index in [2.05, 4.69) is 0 Å². The lowest BCUT2D eigenvalue weighted by Gasteiger charge is -2.34. The van der Waals surface area contributed by atoms with Gasteiger partial charge in [0.1, 0.15) is 6.10 Å². The summed E-state index contributed by atoms with van der Waals surface area (Å²) in [4.78, 5) is 25.2. The minimum absolute atomic E-state index is 0. The molecule has 2 aliphatic heterocycles. The van der Waals surface area contributed by atoms with Gasteiger partial charge in [0.2, 0.25) is 5.09 Å². The predicted molar refractivity (Wildman–Crippen MR) is 96.8 cm³/mol. The number of sulfonamides is 1. The van der Waals surface area contributed by atoms with E-state index in [-0.39, 0.29) is 61.4 Å². The highest BCUT2D eigenvalue weighted by Crippen LogP contribution is 2.23. The maximum atomic E-state index is 12.6. The first-order valence-corrected chi connectivity index (χ1v) is 9.81. The zero-order chi connectivity index (χ0) is 18.9. The van der Waals surface area contributed by atoms with Gasteiger partial charge in [-0.15, -0.1) is 12.4 Å². The van der Waals surface area contributed by atoms with E-state index in [0.29, 0.717) is 13.0 Å². The molecule has 4 N–H and O–H groups in total. The van der Waals surface area contributed by atoms with Crippen molar-refractivity contribution in [3.63, 3.8) is 0 Å². The van der Waals surface area contributed by atoms with Gasteiger partial charge in [0.05, 0.1) is 6.10 Å². The van der Waals surface area contributed by atoms with Crippen LogP contribution in [0.25, 0.3) is 0 Å². The monoisotopic (exact) mass is 422 g/mol. The molecule has 0 aliphatic carbocycles. The van der Waals surface area contributed by atoms with Crippen molar-refractivity contribution in [3.05, 3.63) is 17.9 Å². The second-order valence-electron chi connectivity index (χ2n) is 6.27. The highest BCUT2D eigenvalue weighted by Gasteiger charge is 2.37. The van der Waals surface area contributed by atoms with Crippen LogP contribution < -0.4 is 11.5 Å². The predicted octanol–water partition coefficient (Wildman–Crippen LogP) is -0.860. The second kappa shape index (κ2) is 8.57. The van der Waals surface area contributed by atoms with Gasteiger partial charge in [0.25, 0.3) is 21.8 Å². The molecule has 2 saturated heterocycles. The van der Waals surface area contributed by atoms with Gasteiger partial charge in [-0.05, 0) is 25.0 Å². The first-order chi connectivity index (χ1) is 12.3. The van der Waals surface area contributed by atoms with Crippen molar-refractivity contribution >= 4 is 34.2 Å². The van der Waals surface area contributed by atoms with E-state index in [0.717, 1.165) is 6.42 Å². The molecule has 3 rings (SSSR count). The van der Waals surface area contributed by atoms with Crippen molar-refractivity contribution in [2.45, 2.75) is 30.1 Å². The third kappa shape index (κ3) is 4.43. The molecule has 10 nitrogen and oxygen atoms in total. The Morgan fingerprint density at radius 1 is 1.15 bits per heavy atom. The Morgan fingerprint density at radius 3 is 2.33 bits per heavy atom. The van der Waals surface area contributed by atoms with Crippen molar-refractivity contribution in [2.75, 3.05) is 32.7 Å². The molecule has 2 atom stereocenters. The van der Waals surface area contributed by atoms with Crippen LogP contribution in [0.5, 0.6) is 0 Å². The minimum atomic E-state index is -3.88. The number of carbonyl (C=O) groups excluding carboxylic acids is 2. The molecule has 12 heteroatoms. The molecule has 2 aliphatic rings. The molecule has 1 aromatic rings. The van der Waals surface area contributed by atoms with Crippen LogP contribution in [0, 0.1) is 0 Å². The first-order valence-electron chi connectivity index (χ1n) is 8.37. The largest absolute Gasteiger partial charge is 0.438 e. The molecule has 0 aromatic carbocycles. The zero-order valence-electron chi connectivity index (χ0n) is 14.6. The molecule has 0 bridgehead atoms. The summed E-state index contributed by atoms with van der Waals surface area (Å²) < 4.78 is 37.0. The number of nitrogens with zero attached hydrogens (tertiary/aromatic N) is 2. The molecule has 0 spiro atoms. The number of rotatable bonds is 5. The number of carbonyl (C=O) groups is 2. The Bertz CT molecular complexity index is 790. The molecule has 152 valence electrons. The first kappa shape index (κ1) is 21.6. The zero-order valence-corrected chi connectivity index (χ0v) is 16.2. The molecule has 0 radical (unpaired) electrons. The highest BCUT2D eigenvalue weighted by atomic mass is 35.5. The summed E-state index contributed by atoms with van der Waals surface area (Å²) in [6, 6.07) is 2.42. The number of nitrogens with two attached hydrogens (primary N) is 2. The van der Waals surface area contributed by atoms with Crippen LogP contribution in [0.1, 0.15) is 23.4 Å². The van der Waals surface area contributed by atoms with E-state index >= 15 is 0 Å². The lowest BCUT2D eigenvalue weighted by molar-refractivity contribution is -0.143. The topological polar surface area (TPSA) is 149 Å². The number of hydrogen-bond acceptors (Lipinski definition) is 7. The minimum Gasteiger partial charge on any atom is -0.438 e. The van der Waals surface area contributed by atoms with Gasteiger partial charge in [0, 0.05) is 32.7 Å². The van der Waals surface area contributed by atoms with Gasteiger partial charge >= 0.3 is 0 Å². The van der Waals surface area contributed by atoms with Crippen molar-refractivity contribution in [1.82, 2.24) is 9.21 Å². The number of hydrogen-bond donors (Lipinski definition) is 2. The van der Waals surface area contributed by atoms with Crippen LogP contribution in [0.3, 0.4) is 0 Å². The number of halogens is 1. The third-order valence-electron chi connectivity index (χ3n) is 4.61. The Morgan fingerprint density at radius 2 is 1.81 bits per heavy atom. The SMILES string of the molecule is Cl.NC[C@H]1CC[C@@H](C(=O)N2CCN(S(=O)(=O)c3ccc(C(N)=O)o3)CC2)O1. The molecule has 0 saturated carbocycles. The summed E-state index contributed by atoms with van der Waals surface area (Å²) in [5.74, 6) is -1.19. The van der Waals surface area contributed by atoms with E-state index in [9.17, 15) is 18.0 Å². The third-order valence-corrected chi connectivity index (χ3v) is 6.39. The van der Waals surface area contributed by atoms with Crippen LogP contribution in [-0.4, -0.2) is 74.4 Å². The smallest absolute Gasteiger partial charge is 0.284 e. The molecular weight excluding hydrogens is 400 g/mol. The van der Waals surface area contributed by atoms with Crippen molar-refractivity contribution in [1.29, 1.82) is 0 Å². The van der Waals surface area contributed by atoms with Gasteiger partial charge in [0.15, 0.2) is 5.76 Å². The van der Waals surface area contributed by atoms with Crippen LogP contribution in [0.4, 0.5) is 0 Å². The fraction of sp³-hybridized carbons (Fsp3) is 0.600. The molecule has 2 fully saturated rings. The van der Waals surface area contributed by atoms with Crippen LogP contribution in [0.15, 0.2) is 21.6 Å². The number of primary amides is 1. The molecule has 2 amide bonds. The molecule has 1 aromatic heterocycles. The normalized spacial score (nSPS) is 23.8. The summed E-state index contributed by atoms with van der Waals surface area (Å²) in [6.07, 6.45) is 0.780.